The van der Waals surface area contributed by atoms with Crippen molar-refractivity contribution < 1.29 is 19.1 Å². The Balaban J connectivity index is 2.21. The van der Waals surface area contributed by atoms with Gasteiger partial charge in [0.1, 0.15) is 5.41 Å². The van der Waals surface area contributed by atoms with Crippen molar-refractivity contribution in [2.75, 3.05) is 33.9 Å². The Kier molecular flexibility index (Phi) is 7.33. The van der Waals surface area contributed by atoms with Crippen molar-refractivity contribution in [3.63, 3.8) is 0 Å². The number of benzene rings is 1. The Morgan fingerprint density at radius 2 is 1.57 bits per heavy atom. The third kappa shape index (κ3) is 4.42. The minimum atomic E-state index is -1.07. The van der Waals surface area contributed by atoms with E-state index in [4.69, 9.17) is 9.47 Å². The van der Waals surface area contributed by atoms with E-state index in [1.807, 2.05) is 30.9 Å². The summed E-state index contributed by atoms with van der Waals surface area (Å²) in [5.41, 5.74) is 1.13. The summed E-state index contributed by atoms with van der Waals surface area (Å²) < 4.78 is 10.8. The normalized spacial score (nSPS) is 13.7. The first kappa shape index (κ1) is 22.1. The second-order valence-electron chi connectivity index (χ2n) is 7.87. The first-order chi connectivity index (χ1) is 13.3. The highest BCUT2D eigenvalue weighted by Gasteiger charge is 2.42. The van der Waals surface area contributed by atoms with Gasteiger partial charge in [0.25, 0.3) is 0 Å². The highest BCUT2D eigenvalue weighted by molar-refractivity contribution is 6.04. The monoisotopic (exact) mass is 390 g/mol. The van der Waals surface area contributed by atoms with E-state index in [-0.39, 0.29) is 11.8 Å². The van der Waals surface area contributed by atoms with Gasteiger partial charge < -0.3 is 19.3 Å². The van der Waals surface area contributed by atoms with Crippen LogP contribution < -0.4 is 9.47 Å². The van der Waals surface area contributed by atoms with E-state index in [0.717, 1.165) is 30.4 Å². The molecule has 0 fully saturated rings. The minimum absolute atomic E-state index is 0.0840. The summed E-state index contributed by atoms with van der Waals surface area (Å²) in [7, 11) is 3.23. The quantitative estimate of drug-likeness (QED) is 0.639. The SMILES string of the molecule is CCCN(CCC)C(=O)C(C)(C)C(=O)N1CCc2cc(OC)c(OC)cc2C1. The van der Waals surface area contributed by atoms with Crippen LogP contribution in [-0.4, -0.2) is 55.5 Å². The highest BCUT2D eigenvalue weighted by atomic mass is 16.5. The first-order valence-electron chi connectivity index (χ1n) is 10.1. The summed E-state index contributed by atoms with van der Waals surface area (Å²) in [5.74, 6) is 1.16. The van der Waals surface area contributed by atoms with Crippen LogP contribution in [-0.2, 0) is 22.6 Å². The summed E-state index contributed by atoms with van der Waals surface area (Å²) in [6.07, 6.45) is 2.50. The largest absolute Gasteiger partial charge is 0.493 e. The van der Waals surface area contributed by atoms with E-state index in [0.29, 0.717) is 37.7 Å². The van der Waals surface area contributed by atoms with Crippen molar-refractivity contribution in [1.82, 2.24) is 9.80 Å². The zero-order valence-corrected chi connectivity index (χ0v) is 18.1. The van der Waals surface area contributed by atoms with Crippen LogP contribution in [0.15, 0.2) is 12.1 Å². The van der Waals surface area contributed by atoms with Crippen molar-refractivity contribution in [2.45, 2.75) is 53.5 Å². The molecule has 0 aromatic heterocycles. The van der Waals surface area contributed by atoms with Crippen LogP contribution in [0.2, 0.25) is 0 Å². The molecule has 0 unspecified atom stereocenters. The second kappa shape index (κ2) is 9.30. The van der Waals surface area contributed by atoms with Crippen molar-refractivity contribution >= 4 is 11.8 Å². The zero-order valence-electron chi connectivity index (χ0n) is 18.1. The summed E-state index contributed by atoms with van der Waals surface area (Å²) in [4.78, 5) is 30.0. The first-order valence-corrected chi connectivity index (χ1v) is 10.1. The van der Waals surface area contributed by atoms with Gasteiger partial charge in [-0.25, -0.2) is 0 Å². The van der Waals surface area contributed by atoms with Gasteiger partial charge in [0.15, 0.2) is 11.5 Å². The van der Waals surface area contributed by atoms with E-state index in [1.54, 1.807) is 33.0 Å². The van der Waals surface area contributed by atoms with Crippen LogP contribution in [0.1, 0.15) is 51.7 Å². The maximum atomic E-state index is 13.3. The van der Waals surface area contributed by atoms with E-state index >= 15 is 0 Å². The van der Waals surface area contributed by atoms with Gasteiger partial charge in [-0.1, -0.05) is 13.8 Å². The number of methoxy groups -OCH3 is 2. The summed E-state index contributed by atoms with van der Waals surface area (Å²) in [6, 6.07) is 3.92. The molecule has 28 heavy (non-hydrogen) atoms. The Bertz CT molecular complexity index is 709. The Labute approximate surface area is 168 Å². The average Bonchev–Trinajstić information content (AvgIpc) is 2.70. The van der Waals surface area contributed by atoms with Crippen molar-refractivity contribution in [2.24, 2.45) is 5.41 Å². The lowest BCUT2D eigenvalue weighted by atomic mass is 9.87. The van der Waals surface area contributed by atoms with Crippen LogP contribution in [0.3, 0.4) is 0 Å². The van der Waals surface area contributed by atoms with Crippen LogP contribution in [0.25, 0.3) is 0 Å². The number of carbonyl (C=O) groups excluding carboxylic acids is 2. The van der Waals surface area contributed by atoms with Gasteiger partial charge in [0, 0.05) is 26.2 Å². The standard InChI is InChI=1S/C22H34N2O4/c1-7-10-23(11-8-2)20(25)22(3,4)21(26)24-12-9-16-13-18(27-5)19(28-6)14-17(16)15-24/h13-14H,7-12,15H2,1-6H3. The molecule has 1 heterocycles. The smallest absolute Gasteiger partial charge is 0.238 e. The Morgan fingerprint density at radius 3 is 2.07 bits per heavy atom. The third-order valence-corrected chi connectivity index (χ3v) is 5.35. The second-order valence-corrected chi connectivity index (χ2v) is 7.87. The topological polar surface area (TPSA) is 59.1 Å². The van der Waals surface area contributed by atoms with Gasteiger partial charge in [0.2, 0.25) is 11.8 Å². The van der Waals surface area contributed by atoms with Gasteiger partial charge in [-0.15, -0.1) is 0 Å². The molecule has 0 aliphatic carbocycles. The summed E-state index contributed by atoms with van der Waals surface area (Å²) >= 11 is 0. The molecule has 1 aliphatic rings. The number of rotatable bonds is 8. The number of ether oxygens (including phenoxy) is 2. The van der Waals surface area contributed by atoms with Crippen LogP contribution >= 0.6 is 0 Å². The molecule has 0 spiro atoms. The lowest BCUT2D eigenvalue weighted by molar-refractivity contribution is -0.154. The number of amides is 2. The predicted molar refractivity (Wildman–Crippen MR) is 110 cm³/mol. The van der Waals surface area contributed by atoms with E-state index in [1.165, 1.54) is 0 Å². The molecule has 1 aliphatic heterocycles. The van der Waals surface area contributed by atoms with E-state index in [9.17, 15) is 9.59 Å². The molecule has 1 aromatic rings. The van der Waals surface area contributed by atoms with Crippen molar-refractivity contribution in [3.05, 3.63) is 23.3 Å². The van der Waals surface area contributed by atoms with Gasteiger partial charge in [-0.3, -0.25) is 9.59 Å². The van der Waals surface area contributed by atoms with E-state index in [2.05, 4.69) is 0 Å². The molecule has 0 N–H and O–H groups in total. The Hall–Kier alpha value is -2.24. The zero-order chi connectivity index (χ0) is 20.9. The predicted octanol–water partition coefficient (Wildman–Crippen LogP) is 3.26. The summed E-state index contributed by atoms with van der Waals surface area (Å²) in [5, 5.41) is 0. The van der Waals surface area contributed by atoms with Gasteiger partial charge in [-0.05, 0) is 56.4 Å². The Morgan fingerprint density at radius 1 is 1.04 bits per heavy atom. The summed E-state index contributed by atoms with van der Waals surface area (Å²) in [6.45, 7) is 10.0. The molecule has 6 heteroatoms. The molecule has 156 valence electrons. The third-order valence-electron chi connectivity index (χ3n) is 5.35. The fraction of sp³-hybridized carbons (Fsp3) is 0.636. The van der Waals surface area contributed by atoms with Crippen molar-refractivity contribution in [1.29, 1.82) is 0 Å². The lowest BCUT2D eigenvalue weighted by Gasteiger charge is -2.37. The van der Waals surface area contributed by atoms with E-state index < -0.39 is 5.41 Å². The van der Waals surface area contributed by atoms with Crippen LogP contribution in [0.5, 0.6) is 11.5 Å². The molecule has 2 rings (SSSR count). The molecule has 0 atom stereocenters. The maximum absolute atomic E-state index is 13.3. The maximum Gasteiger partial charge on any atom is 0.238 e. The number of carbonyl (C=O) groups is 2. The molecular weight excluding hydrogens is 356 g/mol. The number of hydrogen-bond donors (Lipinski definition) is 0. The molecule has 2 amide bonds. The molecule has 0 saturated heterocycles. The fourth-order valence-corrected chi connectivity index (χ4v) is 3.79. The van der Waals surface area contributed by atoms with Crippen LogP contribution in [0, 0.1) is 5.41 Å². The molecule has 0 saturated carbocycles. The van der Waals surface area contributed by atoms with Crippen LogP contribution in [0.4, 0.5) is 0 Å². The molecule has 0 bridgehead atoms. The molecular formula is C22H34N2O4. The van der Waals surface area contributed by atoms with Crippen molar-refractivity contribution in [3.8, 4) is 11.5 Å². The number of hydrogen-bond acceptors (Lipinski definition) is 4. The van der Waals surface area contributed by atoms with Gasteiger partial charge in [-0.2, -0.15) is 0 Å². The minimum Gasteiger partial charge on any atom is -0.493 e. The van der Waals surface area contributed by atoms with Gasteiger partial charge >= 0.3 is 0 Å². The number of fused-ring (bicyclic) bond motifs is 1. The fourth-order valence-electron chi connectivity index (χ4n) is 3.79. The molecule has 0 radical (unpaired) electrons. The highest BCUT2D eigenvalue weighted by Crippen LogP contribution is 2.34. The number of nitrogens with zero attached hydrogens (tertiary/aromatic N) is 2. The lowest BCUT2D eigenvalue weighted by Crippen LogP contribution is -2.52. The molecule has 1 aromatic carbocycles. The molecule has 6 nitrogen and oxygen atoms in total. The average molecular weight is 391 g/mol. The van der Waals surface area contributed by atoms with Gasteiger partial charge in [0.05, 0.1) is 14.2 Å².